The highest BCUT2D eigenvalue weighted by atomic mass is 16.5. The highest BCUT2D eigenvalue weighted by Crippen LogP contribution is 2.30. The van der Waals surface area contributed by atoms with Crippen LogP contribution in [0.1, 0.15) is 36.0 Å². The molecule has 1 aromatic carbocycles. The molecule has 2 fully saturated rings. The molecule has 2 saturated heterocycles. The Morgan fingerprint density at radius 1 is 1.25 bits per heavy atom. The Morgan fingerprint density at radius 3 is 2.72 bits per heavy atom. The van der Waals surface area contributed by atoms with Crippen LogP contribution in [-0.2, 0) is 19.1 Å². The number of hydrogen-bond acceptors (Lipinski definition) is 8. The van der Waals surface area contributed by atoms with Gasteiger partial charge in [-0.25, -0.2) is 5.48 Å². The van der Waals surface area contributed by atoms with E-state index in [-0.39, 0.29) is 24.0 Å². The molecule has 0 saturated carbocycles. The normalized spacial score (nSPS) is 26.5. The molecule has 0 bridgehead atoms. The third-order valence-electron chi connectivity index (χ3n) is 7.38. The van der Waals surface area contributed by atoms with Crippen LogP contribution in [0.15, 0.2) is 24.3 Å². The van der Waals surface area contributed by atoms with Gasteiger partial charge in [-0.3, -0.25) is 19.6 Å². The Kier molecular flexibility index (Phi) is 8.48. The minimum Gasteiger partial charge on any atom is -0.378 e. The second-order valence-electron chi connectivity index (χ2n) is 9.71. The number of carbonyl (C=O) groups excluding carboxylic acids is 3. The molecule has 4 rings (SSSR count). The lowest BCUT2D eigenvalue weighted by molar-refractivity contribution is -0.142. The second kappa shape index (κ2) is 11.8. The summed E-state index contributed by atoms with van der Waals surface area (Å²) in [5.74, 6) is -1.66. The molecule has 4 atom stereocenters. The van der Waals surface area contributed by atoms with Gasteiger partial charge in [0.05, 0.1) is 42.8 Å². The number of hydroxylamine groups is 1. The fraction of sp³-hybridized carbons (Fsp3) is 0.538. The van der Waals surface area contributed by atoms with Crippen molar-refractivity contribution in [2.75, 3.05) is 39.4 Å². The molecule has 3 aliphatic rings. The summed E-state index contributed by atoms with van der Waals surface area (Å²) in [5, 5.41) is 24.9. The van der Waals surface area contributed by atoms with Crippen LogP contribution in [-0.4, -0.2) is 79.2 Å². The van der Waals surface area contributed by atoms with Crippen LogP contribution in [0, 0.1) is 30.1 Å². The van der Waals surface area contributed by atoms with Gasteiger partial charge < -0.3 is 20.3 Å². The number of ether oxygens (including phenoxy) is 1. The lowest BCUT2D eigenvalue weighted by atomic mass is 9.78. The van der Waals surface area contributed by atoms with E-state index < -0.39 is 23.9 Å². The number of rotatable bonds is 6. The van der Waals surface area contributed by atoms with E-state index in [1.807, 2.05) is 25.1 Å². The maximum absolute atomic E-state index is 13.6. The molecule has 36 heavy (non-hydrogen) atoms. The largest absolute Gasteiger partial charge is 0.378 e. The quantitative estimate of drug-likeness (QED) is 0.331. The van der Waals surface area contributed by atoms with Crippen LogP contribution in [0.25, 0.3) is 5.57 Å². The van der Waals surface area contributed by atoms with E-state index in [0.717, 1.165) is 16.7 Å². The van der Waals surface area contributed by atoms with Gasteiger partial charge in [0, 0.05) is 26.1 Å². The number of amides is 2. The second-order valence-corrected chi connectivity index (χ2v) is 9.71. The fourth-order valence-corrected chi connectivity index (χ4v) is 5.43. The molecule has 3 aliphatic heterocycles. The third kappa shape index (κ3) is 5.82. The van der Waals surface area contributed by atoms with Crippen molar-refractivity contribution in [1.82, 2.24) is 21.0 Å². The number of nitrogens with zero attached hydrogens (tertiary/aromatic N) is 2. The van der Waals surface area contributed by atoms with Crippen LogP contribution < -0.4 is 16.1 Å². The first-order valence-corrected chi connectivity index (χ1v) is 12.4. The zero-order valence-corrected chi connectivity index (χ0v) is 20.5. The summed E-state index contributed by atoms with van der Waals surface area (Å²) in [5.41, 5.74) is 5.28. The molecule has 1 unspecified atom stereocenters. The SMILES string of the molecule is Cc1cc(C#N)ccc1C1=CCNC(C(=O)[C@H]2NC[C@@H](CC(=O)N3CCOCC3)C[C@@H]2C(=O)NO)C1. The monoisotopic (exact) mass is 495 g/mol. The first-order chi connectivity index (χ1) is 17.4. The zero-order chi connectivity index (χ0) is 25.7. The molecule has 0 radical (unpaired) electrons. The molecule has 10 heteroatoms. The lowest BCUT2D eigenvalue weighted by Gasteiger charge is -2.38. The molecule has 10 nitrogen and oxygen atoms in total. The Labute approximate surface area is 210 Å². The summed E-state index contributed by atoms with van der Waals surface area (Å²) < 4.78 is 5.31. The summed E-state index contributed by atoms with van der Waals surface area (Å²) in [6.45, 7) is 5.04. The highest BCUT2D eigenvalue weighted by Gasteiger charge is 2.42. The number of nitriles is 1. The average Bonchev–Trinajstić information content (AvgIpc) is 2.92. The van der Waals surface area contributed by atoms with Gasteiger partial charge in [-0.2, -0.15) is 5.26 Å². The van der Waals surface area contributed by atoms with E-state index >= 15 is 0 Å². The van der Waals surface area contributed by atoms with Crippen LogP contribution in [0.3, 0.4) is 0 Å². The van der Waals surface area contributed by atoms with E-state index in [4.69, 9.17) is 10.00 Å². The summed E-state index contributed by atoms with van der Waals surface area (Å²) in [6.07, 6.45) is 3.10. The Bertz CT molecular complexity index is 1070. The van der Waals surface area contributed by atoms with Crippen molar-refractivity contribution in [2.45, 2.75) is 38.3 Å². The van der Waals surface area contributed by atoms with Crippen molar-refractivity contribution in [3.05, 3.63) is 41.0 Å². The summed E-state index contributed by atoms with van der Waals surface area (Å²) in [7, 11) is 0. The maximum Gasteiger partial charge on any atom is 0.248 e. The van der Waals surface area contributed by atoms with Gasteiger partial charge in [0.1, 0.15) is 0 Å². The Morgan fingerprint density at radius 2 is 2.03 bits per heavy atom. The van der Waals surface area contributed by atoms with Gasteiger partial charge >= 0.3 is 0 Å². The molecule has 1 aromatic rings. The van der Waals surface area contributed by atoms with Crippen LogP contribution in [0.5, 0.6) is 0 Å². The number of nitrogens with one attached hydrogen (secondary N) is 3. The van der Waals surface area contributed by atoms with Gasteiger partial charge in [0.15, 0.2) is 5.78 Å². The summed E-state index contributed by atoms with van der Waals surface area (Å²) in [6, 6.07) is 6.37. The van der Waals surface area contributed by atoms with Crippen molar-refractivity contribution < 1.29 is 24.3 Å². The average molecular weight is 496 g/mol. The van der Waals surface area contributed by atoms with Crippen molar-refractivity contribution in [3.8, 4) is 6.07 Å². The Hall–Kier alpha value is -3.10. The number of piperidine rings is 1. The lowest BCUT2D eigenvalue weighted by Crippen LogP contribution is -2.59. The molecule has 0 aliphatic carbocycles. The maximum atomic E-state index is 13.6. The molecule has 0 spiro atoms. The standard InChI is InChI=1S/C26H33N5O5/c1-16-10-17(14-27)2-3-20(16)19-4-5-28-22(13-19)25(33)24-21(26(34)30-35)11-18(15-29-24)12-23(32)31-6-8-36-9-7-31/h2-4,10,18,21-22,24,28-29,35H,5-9,11-13,15H2,1H3,(H,30,34)/t18-,21+,22?,24+/m1/s1. The first kappa shape index (κ1) is 26.0. The van der Waals surface area contributed by atoms with Crippen molar-refractivity contribution in [2.24, 2.45) is 11.8 Å². The number of hydrogen-bond donors (Lipinski definition) is 4. The van der Waals surface area contributed by atoms with E-state index in [2.05, 4.69) is 16.7 Å². The smallest absolute Gasteiger partial charge is 0.248 e. The van der Waals surface area contributed by atoms with Gasteiger partial charge in [-0.15, -0.1) is 0 Å². The zero-order valence-electron chi connectivity index (χ0n) is 20.5. The fourth-order valence-electron chi connectivity index (χ4n) is 5.43. The van der Waals surface area contributed by atoms with Crippen molar-refractivity contribution >= 4 is 23.2 Å². The predicted molar refractivity (Wildman–Crippen MR) is 131 cm³/mol. The molecular formula is C26H33N5O5. The number of benzene rings is 1. The minimum atomic E-state index is -0.786. The highest BCUT2D eigenvalue weighted by molar-refractivity contribution is 5.96. The number of morpholine rings is 1. The van der Waals surface area contributed by atoms with Gasteiger partial charge in [0.25, 0.3) is 0 Å². The molecule has 0 aromatic heterocycles. The Balaban J connectivity index is 1.43. The number of carbonyl (C=O) groups is 3. The summed E-state index contributed by atoms with van der Waals surface area (Å²) >= 11 is 0. The van der Waals surface area contributed by atoms with Gasteiger partial charge in [-0.05, 0) is 61.1 Å². The van der Waals surface area contributed by atoms with E-state index in [1.165, 1.54) is 0 Å². The third-order valence-corrected chi connectivity index (χ3v) is 7.38. The number of Topliss-reactive ketones (excluding diaryl/α,β-unsaturated/α-hetero) is 1. The van der Waals surface area contributed by atoms with Gasteiger partial charge in [-0.1, -0.05) is 12.1 Å². The van der Waals surface area contributed by atoms with Crippen molar-refractivity contribution in [3.63, 3.8) is 0 Å². The van der Waals surface area contributed by atoms with E-state index in [0.29, 0.717) is 57.8 Å². The first-order valence-electron chi connectivity index (χ1n) is 12.4. The van der Waals surface area contributed by atoms with Gasteiger partial charge in [0.2, 0.25) is 11.8 Å². The number of ketones is 1. The molecule has 192 valence electrons. The molecular weight excluding hydrogens is 462 g/mol. The van der Waals surface area contributed by atoms with Crippen LogP contribution >= 0.6 is 0 Å². The van der Waals surface area contributed by atoms with Crippen LogP contribution in [0.2, 0.25) is 0 Å². The number of aryl methyl sites for hydroxylation is 1. The molecule has 2 amide bonds. The van der Waals surface area contributed by atoms with Crippen LogP contribution in [0.4, 0.5) is 0 Å². The minimum absolute atomic E-state index is 0.0135. The predicted octanol–water partition coefficient (Wildman–Crippen LogP) is 0.530. The summed E-state index contributed by atoms with van der Waals surface area (Å²) in [4.78, 5) is 40.6. The topological polar surface area (TPSA) is 144 Å². The molecule has 3 heterocycles. The van der Waals surface area contributed by atoms with Crippen molar-refractivity contribution in [1.29, 1.82) is 5.26 Å². The van der Waals surface area contributed by atoms with E-state index in [1.54, 1.807) is 16.4 Å². The molecule has 4 N–H and O–H groups in total. The van der Waals surface area contributed by atoms with E-state index in [9.17, 15) is 19.6 Å².